The van der Waals surface area contributed by atoms with E-state index in [2.05, 4.69) is 15.6 Å². The molecule has 1 saturated carbocycles. The van der Waals surface area contributed by atoms with E-state index in [1.165, 1.54) is 17.8 Å². The van der Waals surface area contributed by atoms with E-state index in [1.807, 2.05) is 19.2 Å². The van der Waals surface area contributed by atoms with E-state index < -0.39 is 0 Å². The summed E-state index contributed by atoms with van der Waals surface area (Å²) in [5.74, 6) is 0.194. The van der Waals surface area contributed by atoms with Crippen molar-refractivity contribution < 1.29 is 9.59 Å². The van der Waals surface area contributed by atoms with Gasteiger partial charge < -0.3 is 16.4 Å². The van der Waals surface area contributed by atoms with Gasteiger partial charge in [-0.15, -0.1) is 11.3 Å². The average Bonchev–Trinajstić information content (AvgIpc) is 2.94. The Labute approximate surface area is 141 Å². The fraction of sp³-hybridized carbons (Fsp3) is 0.688. The van der Waals surface area contributed by atoms with Crippen LogP contribution in [-0.2, 0) is 16.0 Å². The second-order valence-corrected chi connectivity index (χ2v) is 7.28. The number of rotatable bonds is 6. The number of nitrogens with zero attached hydrogens (tertiary/aromatic N) is 1. The van der Waals surface area contributed by atoms with Crippen LogP contribution in [-0.4, -0.2) is 29.4 Å². The van der Waals surface area contributed by atoms with Crippen molar-refractivity contribution in [1.29, 1.82) is 0 Å². The lowest BCUT2D eigenvalue weighted by Crippen LogP contribution is -2.45. The molecule has 1 aromatic rings. The summed E-state index contributed by atoms with van der Waals surface area (Å²) < 4.78 is 0. The van der Waals surface area contributed by atoms with Crippen LogP contribution in [0.4, 0.5) is 5.13 Å². The monoisotopic (exact) mass is 338 g/mol. The molecule has 2 unspecified atom stereocenters. The Hall–Kier alpha value is -1.47. The highest BCUT2D eigenvalue weighted by Crippen LogP contribution is 2.23. The summed E-state index contributed by atoms with van der Waals surface area (Å²) >= 11 is 1.35. The third-order valence-corrected chi connectivity index (χ3v) is 5.01. The van der Waals surface area contributed by atoms with Gasteiger partial charge in [-0.1, -0.05) is 26.7 Å². The number of hydrogen-bond acceptors (Lipinski definition) is 5. The number of nitrogens with two attached hydrogens (primary N) is 1. The van der Waals surface area contributed by atoms with Crippen LogP contribution in [0.5, 0.6) is 0 Å². The molecular weight excluding hydrogens is 312 g/mol. The molecule has 2 rings (SSSR count). The molecule has 1 aliphatic carbocycles. The number of carbonyl (C=O) groups excluding carboxylic acids is 2. The number of thiazole rings is 1. The summed E-state index contributed by atoms with van der Waals surface area (Å²) in [6.45, 7) is 4.28. The molecule has 128 valence electrons. The molecule has 1 aromatic heterocycles. The summed E-state index contributed by atoms with van der Waals surface area (Å²) in [6, 6.07) is 0.181. The minimum atomic E-state index is -0.0925. The molecule has 0 saturated heterocycles. The van der Waals surface area contributed by atoms with Gasteiger partial charge in [0.1, 0.15) is 0 Å². The van der Waals surface area contributed by atoms with Crippen LogP contribution in [0.3, 0.4) is 0 Å². The summed E-state index contributed by atoms with van der Waals surface area (Å²) in [5.41, 5.74) is 6.48. The molecule has 0 bridgehead atoms. The van der Waals surface area contributed by atoms with Gasteiger partial charge in [0.2, 0.25) is 11.8 Å². The lowest BCUT2D eigenvalue weighted by molar-refractivity contribution is -0.121. The molecule has 4 N–H and O–H groups in total. The summed E-state index contributed by atoms with van der Waals surface area (Å²) in [7, 11) is 0. The van der Waals surface area contributed by atoms with Crippen LogP contribution in [0.1, 0.15) is 45.2 Å². The first-order chi connectivity index (χ1) is 11.0. The Morgan fingerprint density at radius 3 is 2.83 bits per heavy atom. The molecule has 0 aliphatic heterocycles. The van der Waals surface area contributed by atoms with Gasteiger partial charge in [-0.3, -0.25) is 9.59 Å². The highest BCUT2D eigenvalue weighted by atomic mass is 32.1. The largest absolute Gasteiger partial charge is 0.353 e. The third-order valence-electron chi connectivity index (χ3n) is 4.21. The number of nitrogens with one attached hydrogen (secondary N) is 2. The lowest BCUT2D eigenvalue weighted by Gasteiger charge is -2.31. The van der Waals surface area contributed by atoms with Crippen molar-refractivity contribution in [1.82, 2.24) is 10.3 Å². The molecule has 1 aliphatic rings. The predicted molar refractivity (Wildman–Crippen MR) is 92.2 cm³/mol. The maximum atomic E-state index is 12.2. The summed E-state index contributed by atoms with van der Waals surface area (Å²) in [4.78, 5) is 28.2. The van der Waals surface area contributed by atoms with Crippen molar-refractivity contribution in [2.75, 3.05) is 11.9 Å². The van der Waals surface area contributed by atoms with E-state index in [0.29, 0.717) is 23.3 Å². The first-order valence-corrected chi connectivity index (χ1v) is 9.12. The SMILES string of the molecule is CC(C)C(=O)Nc1nc(CC(=O)NC2CCCCC2CN)cs1. The van der Waals surface area contributed by atoms with Crippen molar-refractivity contribution in [3.05, 3.63) is 11.1 Å². The number of amides is 2. The third kappa shape index (κ3) is 5.28. The van der Waals surface area contributed by atoms with E-state index in [9.17, 15) is 9.59 Å². The Morgan fingerprint density at radius 1 is 1.39 bits per heavy atom. The van der Waals surface area contributed by atoms with Crippen LogP contribution < -0.4 is 16.4 Å². The molecule has 23 heavy (non-hydrogen) atoms. The van der Waals surface area contributed by atoms with Crippen molar-refractivity contribution in [2.24, 2.45) is 17.6 Å². The predicted octanol–water partition coefficient (Wildman–Crippen LogP) is 1.91. The molecule has 0 radical (unpaired) electrons. The van der Waals surface area contributed by atoms with Crippen LogP contribution in [0, 0.1) is 11.8 Å². The van der Waals surface area contributed by atoms with Crippen LogP contribution >= 0.6 is 11.3 Å². The topological polar surface area (TPSA) is 97.1 Å². The minimum Gasteiger partial charge on any atom is -0.353 e. The molecule has 2 atom stereocenters. The molecular formula is C16H26N4O2S. The van der Waals surface area contributed by atoms with Crippen LogP contribution in [0.25, 0.3) is 0 Å². The average molecular weight is 338 g/mol. The molecule has 2 amide bonds. The lowest BCUT2D eigenvalue weighted by atomic mass is 9.84. The van der Waals surface area contributed by atoms with Gasteiger partial charge in [-0.25, -0.2) is 4.98 Å². The molecule has 7 heteroatoms. The van der Waals surface area contributed by atoms with Gasteiger partial charge in [-0.2, -0.15) is 0 Å². The quantitative estimate of drug-likeness (QED) is 0.738. The Balaban J connectivity index is 1.85. The second-order valence-electron chi connectivity index (χ2n) is 6.42. The van der Waals surface area contributed by atoms with Crippen molar-refractivity contribution >= 4 is 28.3 Å². The highest BCUT2D eigenvalue weighted by molar-refractivity contribution is 7.13. The number of aromatic nitrogens is 1. The first-order valence-electron chi connectivity index (χ1n) is 8.24. The first kappa shape index (κ1) is 17.9. The summed E-state index contributed by atoms with van der Waals surface area (Å²) in [5, 5.41) is 8.21. The Morgan fingerprint density at radius 2 is 2.13 bits per heavy atom. The zero-order valence-corrected chi connectivity index (χ0v) is 14.6. The maximum absolute atomic E-state index is 12.2. The summed E-state index contributed by atoms with van der Waals surface area (Å²) in [6.07, 6.45) is 4.66. The molecule has 1 heterocycles. The second kappa shape index (κ2) is 8.40. The maximum Gasteiger partial charge on any atom is 0.228 e. The number of anilines is 1. The smallest absolute Gasteiger partial charge is 0.228 e. The molecule has 0 aromatic carbocycles. The number of carbonyl (C=O) groups is 2. The minimum absolute atomic E-state index is 0.0256. The van der Waals surface area contributed by atoms with Crippen LogP contribution in [0.2, 0.25) is 0 Å². The van der Waals surface area contributed by atoms with E-state index in [-0.39, 0.29) is 30.2 Å². The van der Waals surface area contributed by atoms with Gasteiger partial charge in [-0.05, 0) is 25.3 Å². The zero-order valence-electron chi connectivity index (χ0n) is 13.8. The molecule has 6 nitrogen and oxygen atoms in total. The van der Waals surface area contributed by atoms with Gasteiger partial charge in [0.25, 0.3) is 0 Å². The fourth-order valence-corrected chi connectivity index (χ4v) is 3.51. The zero-order chi connectivity index (χ0) is 16.8. The van der Waals surface area contributed by atoms with Crippen LogP contribution in [0.15, 0.2) is 5.38 Å². The molecule has 1 fully saturated rings. The van der Waals surface area contributed by atoms with E-state index in [1.54, 1.807) is 0 Å². The van der Waals surface area contributed by atoms with E-state index in [0.717, 1.165) is 19.3 Å². The van der Waals surface area contributed by atoms with Crippen molar-refractivity contribution in [3.8, 4) is 0 Å². The normalized spacial score (nSPS) is 21.2. The Kier molecular flexibility index (Phi) is 6.53. The van der Waals surface area contributed by atoms with Gasteiger partial charge in [0, 0.05) is 17.3 Å². The highest BCUT2D eigenvalue weighted by Gasteiger charge is 2.25. The van der Waals surface area contributed by atoms with Gasteiger partial charge in [0.05, 0.1) is 12.1 Å². The van der Waals surface area contributed by atoms with Gasteiger partial charge in [0.15, 0.2) is 5.13 Å². The van der Waals surface area contributed by atoms with Crippen molar-refractivity contribution in [3.63, 3.8) is 0 Å². The standard InChI is InChI=1S/C16H26N4O2S/c1-10(2)15(22)20-16-18-12(9-23-16)7-14(21)19-13-6-4-3-5-11(13)8-17/h9-11,13H,3-8,17H2,1-2H3,(H,19,21)(H,18,20,22). The van der Waals surface area contributed by atoms with Gasteiger partial charge >= 0.3 is 0 Å². The number of hydrogen-bond donors (Lipinski definition) is 3. The van der Waals surface area contributed by atoms with E-state index >= 15 is 0 Å². The van der Waals surface area contributed by atoms with Crippen molar-refractivity contribution in [2.45, 2.75) is 52.0 Å². The van der Waals surface area contributed by atoms with E-state index in [4.69, 9.17) is 5.73 Å². The fourth-order valence-electron chi connectivity index (χ4n) is 2.80. The molecule has 0 spiro atoms. The Bertz CT molecular complexity index is 544.